The van der Waals surface area contributed by atoms with Gasteiger partial charge in [0.15, 0.2) is 5.41 Å². The Balaban J connectivity index is 2.05. The molecule has 8 nitrogen and oxygen atoms in total. The molecule has 2 aliphatic rings. The maximum Gasteiger partial charge on any atom is 0.244 e. The second kappa shape index (κ2) is 7.48. The van der Waals surface area contributed by atoms with Gasteiger partial charge in [0.1, 0.15) is 23.4 Å². The maximum atomic E-state index is 13.7. The van der Waals surface area contributed by atoms with Crippen molar-refractivity contribution in [2.24, 2.45) is 16.7 Å². The first kappa shape index (κ1) is 22.1. The maximum absolute atomic E-state index is 13.7. The second-order valence-electron chi connectivity index (χ2n) is 7.92. The summed E-state index contributed by atoms with van der Waals surface area (Å²) in [5.74, 6) is -2.95. The number of fused-ring (bicyclic) bond motifs is 2. The van der Waals surface area contributed by atoms with E-state index >= 15 is 0 Å². The zero-order valence-corrected chi connectivity index (χ0v) is 18.0. The van der Waals surface area contributed by atoms with Gasteiger partial charge in [-0.1, -0.05) is 6.92 Å². The van der Waals surface area contributed by atoms with E-state index in [4.69, 9.17) is 24.4 Å². The van der Waals surface area contributed by atoms with E-state index in [2.05, 4.69) is 6.07 Å². The van der Waals surface area contributed by atoms with E-state index in [-0.39, 0.29) is 0 Å². The monoisotopic (exact) mass is 446 g/mol. The molecule has 0 radical (unpaired) electrons. The Morgan fingerprint density at radius 1 is 0.970 bits per heavy atom. The molecule has 2 saturated heterocycles. The molecule has 2 heterocycles. The Morgan fingerprint density at radius 2 is 1.55 bits per heavy atom. The standard InChI is InChI=1S/C24H19FN4O4/c1-14-23(13-28)21(29)33-24(14,16-4-6-17(25)7-5-16)32-20(22(23,11-26)12-27)15-8-18(30-2)10-19(9-15)31-3/h4-10,14,20,29H,1-3H3. The number of hydrogen-bond acceptors (Lipinski definition) is 8. The molecule has 2 fully saturated rings. The Kier molecular flexibility index (Phi) is 5.00. The van der Waals surface area contributed by atoms with Crippen molar-refractivity contribution < 1.29 is 23.3 Å². The topological polar surface area (TPSA) is 132 Å². The van der Waals surface area contributed by atoms with Gasteiger partial charge in [0.25, 0.3) is 0 Å². The van der Waals surface area contributed by atoms with Gasteiger partial charge < -0.3 is 18.9 Å². The number of benzene rings is 2. The molecule has 9 heteroatoms. The van der Waals surface area contributed by atoms with E-state index in [0.717, 1.165) is 0 Å². The number of methoxy groups -OCH3 is 2. The molecular formula is C24H19FN4O4. The fourth-order valence-electron chi connectivity index (χ4n) is 4.83. The van der Waals surface area contributed by atoms with Crippen molar-refractivity contribution in [1.82, 2.24) is 0 Å². The third-order valence-electron chi connectivity index (χ3n) is 6.59. The summed E-state index contributed by atoms with van der Waals surface area (Å²) in [5.41, 5.74) is -3.44. The summed E-state index contributed by atoms with van der Waals surface area (Å²) in [6, 6.07) is 16.0. The predicted octanol–water partition coefficient (Wildman–Crippen LogP) is 3.95. The fraction of sp³-hybridized carbons (Fsp3) is 0.333. The third kappa shape index (κ3) is 2.65. The summed E-state index contributed by atoms with van der Waals surface area (Å²) < 4.78 is 36.6. The van der Waals surface area contributed by atoms with Gasteiger partial charge in [-0.3, -0.25) is 5.41 Å². The molecule has 4 unspecified atom stereocenters. The van der Waals surface area contributed by atoms with Gasteiger partial charge in [-0.2, -0.15) is 15.8 Å². The molecule has 1 N–H and O–H groups in total. The molecular weight excluding hydrogens is 427 g/mol. The Hall–Kier alpha value is -4.13. The van der Waals surface area contributed by atoms with E-state index in [9.17, 15) is 20.2 Å². The molecule has 166 valence electrons. The molecule has 0 spiro atoms. The van der Waals surface area contributed by atoms with Crippen molar-refractivity contribution in [2.45, 2.75) is 18.8 Å². The van der Waals surface area contributed by atoms with Gasteiger partial charge in [-0.05, 0) is 42.0 Å². The number of nitrogens with zero attached hydrogens (tertiary/aromatic N) is 3. The molecule has 2 aromatic rings. The quantitative estimate of drug-likeness (QED) is 0.752. The van der Waals surface area contributed by atoms with Crippen molar-refractivity contribution in [1.29, 1.82) is 21.2 Å². The van der Waals surface area contributed by atoms with Crippen LogP contribution >= 0.6 is 0 Å². The highest BCUT2D eigenvalue weighted by Crippen LogP contribution is 2.69. The summed E-state index contributed by atoms with van der Waals surface area (Å²) in [4.78, 5) is 0. The Morgan fingerprint density at radius 3 is 2.03 bits per heavy atom. The molecule has 0 saturated carbocycles. The SMILES string of the molecule is COc1cc(OC)cc(C2OC3(c4ccc(F)cc4)OC(=N)C(C#N)(C3C)C2(C#N)C#N)c1. The van der Waals surface area contributed by atoms with Crippen LogP contribution in [0.2, 0.25) is 0 Å². The van der Waals surface area contributed by atoms with Crippen LogP contribution in [0.1, 0.15) is 24.2 Å². The minimum absolute atomic E-state index is 0.325. The van der Waals surface area contributed by atoms with Crippen LogP contribution in [-0.2, 0) is 15.3 Å². The van der Waals surface area contributed by atoms with Crippen LogP contribution in [0.4, 0.5) is 4.39 Å². The first-order valence-electron chi connectivity index (χ1n) is 9.97. The van der Waals surface area contributed by atoms with Crippen molar-refractivity contribution in [3.63, 3.8) is 0 Å². The van der Waals surface area contributed by atoms with E-state index < -0.39 is 40.4 Å². The van der Waals surface area contributed by atoms with Crippen molar-refractivity contribution in [2.75, 3.05) is 14.2 Å². The molecule has 2 bridgehead atoms. The van der Waals surface area contributed by atoms with E-state index in [0.29, 0.717) is 22.6 Å². The van der Waals surface area contributed by atoms with E-state index in [1.165, 1.54) is 38.5 Å². The lowest BCUT2D eigenvalue weighted by atomic mass is 9.53. The highest BCUT2D eigenvalue weighted by molar-refractivity contribution is 5.89. The lowest BCUT2D eigenvalue weighted by Gasteiger charge is -2.48. The van der Waals surface area contributed by atoms with Crippen molar-refractivity contribution in [3.8, 4) is 29.7 Å². The highest BCUT2D eigenvalue weighted by atomic mass is 19.1. The highest BCUT2D eigenvalue weighted by Gasteiger charge is 2.79. The average Bonchev–Trinajstić information content (AvgIpc) is 3.00. The molecule has 33 heavy (non-hydrogen) atoms. The summed E-state index contributed by atoms with van der Waals surface area (Å²) in [6.45, 7) is 1.58. The zero-order valence-electron chi connectivity index (χ0n) is 18.0. The van der Waals surface area contributed by atoms with Gasteiger partial charge in [0.05, 0.1) is 38.3 Å². The van der Waals surface area contributed by atoms with Crippen molar-refractivity contribution >= 4 is 5.90 Å². The van der Waals surface area contributed by atoms with Gasteiger partial charge in [0, 0.05) is 11.6 Å². The van der Waals surface area contributed by atoms with Crippen LogP contribution in [-0.4, -0.2) is 20.1 Å². The lowest BCUT2D eigenvalue weighted by Crippen LogP contribution is -2.57. The number of rotatable bonds is 4. The van der Waals surface area contributed by atoms with Gasteiger partial charge in [-0.15, -0.1) is 0 Å². The van der Waals surface area contributed by atoms with Crippen LogP contribution in [0.5, 0.6) is 11.5 Å². The number of nitrogens with one attached hydrogen (secondary N) is 1. The van der Waals surface area contributed by atoms with E-state index in [1.54, 1.807) is 25.1 Å². The smallest absolute Gasteiger partial charge is 0.244 e. The first-order valence-corrected chi connectivity index (χ1v) is 9.97. The molecule has 2 aliphatic heterocycles. The summed E-state index contributed by atoms with van der Waals surface area (Å²) in [6.07, 6.45) is -1.33. The first-order chi connectivity index (χ1) is 15.8. The summed E-state index contributed by atoms with van der Waals surface area (Å²) >= 11 is 0. The van der Waals surface area contributed by atoms with E-state index in [1.807, 2.05) is 12.1 Å². The van der Waals surface area contributed by atoms with Gasteiger partial charge in [-0.25, -0.2) is 4.39 Å². The number of halogens is 1. The molecule has 0 aromatic heterocycles. The fourth-order valence-corrected chi connectivity index (χ4v) is 4.83. The molecule has 0 amide bonds. The third-order valence-corrected chi connectivity index (χ3v) is 6.59. The minimum Gasteiger partial charge on any atom is -0.497 e. The zero-order chi connectivity index (χ0) is 24.0. The normalized spacial score (nSPS) is 29.2. The number of nitriles is 3. The summed E-state index contributed by atoms with van der Waals surface area (Å²) in [7, 11) is 2.90. The summed E-state index contributed by atoms with van der Waals surface area (Å²) in [5, 5.41) is 39.5. The average molecular weight is 446 g/mol. The molecule has 0 aliphatic carbocycles. The number of ether oxygens (including phenoxy) is 4. The Bertz CT molecular complexity index is 1220. The lowest BCUT2D eigenvalue weighted by molar-refractivity contribution is -0.288. The minimum atomic E-state index is -2.14. The second-order valence-corrected chi connectivity index (χ2v) is 7.92. The van der Waals surface area contributed by atoms with Crippen LogP contribution < -0.4 is 9.47 Å². The van der Waals surface area contributed by atoms with Crippen LogP contribution in [0.25, 0.3) is 0 Å². The Labute approximate surface area is 189 Å². The van der Waals surface area contributed by atoms with Crippen LogP contribution in [0.15, 0.2) is 42.5 Å². The van der Waals surface area contributed by atoms with Gasteiger partial charge >= 0.3 is 0 Å². The van der Waals surface area contributed by atoms with Gasteiger partial charge in [0.2, 0.25) is 17.1 Å². The molecule has 2 aromatic carbocycles. The molecule has 4 rings (SSSR count). The largest absolute Gasteiger partial charge is 0.497 e. The van der Waals surface area contributed by atoms with Crippen LogP contribution in [0.3, 0.4) is 0 Å². The van der Waals surface area contributed by atoms with Crippen molar-refractivity contribution in [3.05, 3.63) is 59.4 Å². The number of hydrogen-bond donors (Lipinski definition) is 1. The predicted molar refractivity (Wildman–Crippen MR) is 111 cm³/mol. The molecule has 4 atom stereocenters. The van der Waals surface area contributed by atoms with Crippen LogP contribution in [0, 0.1) is 62.0 Å².